The van der Waals surface area contributed by atoms with E-state index >= 15 is 0 Å². The van der Waals surface area contributed by atoms with Crippen LogP contribution in [0.15, 0.2) is 24.5 Å². The van der Waals surface area contributed by atoms with Gasteiger partial charge in [0.25, 0.3) is 5.91 Å². The fraction of sp³-hybridized carbons (Fsp3) is 0.400. The lowest BCUT2D eigenvalue weighted by atomic mass is 10.3. The molecule has 0 bridgehead atoms. The first-order valence-electron chi connectivity index (χ1n) is 4.90. The maximum Gasteiger partial charge on any atom is 0.267 e. The summed E-state index contributed by atoms with van der Waals surface area (Å²) in [6.07, 6.45) is 3.20. The van der Waals surface area contributed by atoms with Crippen molar-refractivity contribution in [2.24, 2.45) is 0 Å². The summed E-state index contributed by atoms with van der Waals surface area (Å²) in [4.78, 5) is 15.6. The van der Waals surface area contributed by atoms with E-state index in [-0.39, 0.29) is 5.91 Å². The number of aromatic nitrogens is 1. The molecule has 0 unspecified atom stereocenters. The van der Waals surface area contributed by atoms with Gasteiger partial charge >= 0.3 is 0 Å². The lowest BCUT2D eigenvalue weighted by Gasteiger charge is -2.26. The molecule has 5 nitrogen and oxygen atoms in total. The summed E-state index contributed by atoms with van der Waals surface area (Å²) in [6, 6.07) is 3.48. The molecule has 15 heavy (non-hydrogen) atoms. The van der Waals surface area contributed by atoms with Crippen molar-refractivity contribution in [2.75, 3.05) is 26.3 Å². The van der Waals surface area contributed by atoms with Crippen molar-refractivity contribution in [1.29, 1.82) is 0 Å². The van der Waals surface area contributed by atoms with Crippen LogP contribution in [-0.4, -0.2) is 42.2 Å². The summed E-state index contributed by atoms with van der Waals surface area (Å²) >= 11 is 0. The Balaban J connectivity index is 1.91. The molecule has 1 aliphatic rings. The van der Waals surface area contributed by atoms with Crippen molar-refractivity contribution < 1.29 is 9.53 Å². The number of pyridine rings is 1. The molecule has 0 saturated carbocycles. The van der Waals surface area contributed by atoms with Gasteiger partial charge in [-0.3, -0.25) is 15.2 Å². The molecule has 1 aliphatic heterocycles. The van der Waals surface area contributed by atoms with E-state index in [1.807, 2.05) is 5.01 Å². The predicted molar refractivity (Wildman–Crippen MR) is 54.1 cm³/mol. The lowest BCUT2D eigenvalue weighted by molar-refractivity contribution is 0.0126. The summed E-state index contributed by atoms with van der Waals surface area (Å²) in [6.45, 7) is 2.78. The molecular formula is C10H13N3O2. The molecule has 0 aromatic carbocycles. The van der Waals surface area contributed by atoms with Gasteiger partial charge in [0.2, 0.25) is 0 Å². The number of hydrogen-bond donors (Lipinski definition) is 1. The van der Waals surface area contributed by atoms with Crippen LogP contribution < -0.4 is 5.43 Å². The molecule has 5 heteroatoms. The number of carbonyl (C=O) groups is 1. The standard InChI is InChI=1S/C10H13N3O2/c14-10(9-2-1-3-11-8-9)12-13-4-6-15-7-5-13/h1-3,8H,4-7H2,(H,12,14). The molecule has 1 N–H and O–H groups in total. The molecule has 0 aliphatic carbocycles. The van der Waals surface area contributed by atoms with E-state index in [2.05, 4.69) is 10.4 Å². The highest BCUT2D eigenvalue weighted by Crippen LogP contribution is 1.98. The number of hydrazine groups is 1. The molecule has 1 aromatic heterocycles. The van der Waals surface area contributed by atoms with E-state index in [0.717, 1.165) is 13.1 Å². The van der Waals surface area contributed by atoms with Crippen LogP contribution >= 0.6 is 0 Å². The lowest BCUT2D eigenvalue weighted by Crippen LogP contribution is -2.48. The third-order valence-corrected chi connectivity index (χ3v) is 2.19. The first-order chi connectivity index (χ1) is 7.36. The smallest absolute Gasteiger partial charge is 0.267 e. The van der Waals surface area contributed by atoms with E-state index in [1.54, 1.807) is 24.5 Å². The highest BCUT2D eigenvalue weighted by molar-refractivity contribution is 5.93. The Kier molecular flexibility index (Phi) is 3.26. The van der Waals surface area contributed by atoms with Crippen LogP contribution in [0.1, 0.15) is 10.4 Å². The zero-order valence-electron chi connectivity index (χ0n) is 8.35. The minimum absolute atomic E-state index is 0.120. The summed E-state index contributed by atoms with van der Waals surface area (Å²) in [5.74, 6) is -0.120. The topological polar surface area (TPSA) is 54.5 Å². The van der Waals surface area contributed by atoms with Crippen LogP contribution in [0.3, 0.4) is 0 Å². The fourth-order valence-electron chi connectivity index (χ4n) is 1.38. The fourth-order valence-corrected chi connectivity index (χ4v) is 1.38. The Morgan fingerprint density at radius 2 is 2.27 bits per heavy atom. The first-order valence-corrected chi connectivity index (χ1v) is 4.90. The SMILES string of the molecule is O=C(NN1CCOCC1)c1cccnc1. The Bertz CT molecular complexity index is 323. The maximum absolute atomic E-state index is 11.7. The number of hydrogen-bond acceptors (Lipinski definition) is 4. The second kappa shape index (κ2) is 4.86. The van der Waals surface area contributed by atoms with Crippen LogP contribution in [0.4, 0.5) is 0 Å². The van der Waals surface area contributed by atoms with E-state index < -0.39 is 0 Å². The van der Waals surface area contributed by atoms with Gasteiger partial charge in [-0.05, 0) is 12.1 Å². The zero-order chi connectivity index (χ0) is 10.5. The van der Waals surface area contributed by atoms with Crippen molar-refractivity contribution in [2.45, 2.75) is 0 Å². The highest BCUT2D eigenvalue weighted by Gasteiger charge is 2.13. The molecule has 1 amide bonds. The predicted octanol–water partition coefficient (Wildman–Crippen LogP) is 0.0586. The second-order valence-electron chi connectivity index (χ2n) is 3.28. The van der Waals surface area contributed by atoms with Crippen LogP contribution in [0.5, 0.6) is 0 Å². The monoisotopic (exact) mass is 207 g/mol. The number of nitrogens with one attached hydrogen (secondary N) is 1. The van der Waals surface area contributed by atoms with Gasteiger partial charge in [-0.2, -0.15) is 0 Å². The quantitative estimate of drug-likeness (QED) is 0.745. The third-order valence-electron chi connectivity index (χ3n) is 2.19. The molecule has 0 spiro atoms. The second-order valence-corrected chi connectivity index (χ2v) is 3.28. The number of rotatable bonds is 2. The number of amides is 1. The Labute approximate surface area is 88.0 Å². The Morgan fingerprint density at radius 3 is 2.93 bits per heavy atom. The summed E-state index contributed by atoms with van der Waals surface area (Å²) < 4.78 is 5.18. The summed E-state index contributed by atoms with van der Waals surface area (Å²) in [5.41, 5.74) is 3.38. The normalized spacial score (nSPS) is 17.3. The van der Waals surface area contributed by atoms with Crippen molar-refractivity contribution in [1.82, 2.24) is 15.4 Å². The largest absolute Gasteiger partial charge is 0.379 e. The van der Waals surface area contributed by atoms with Gasteiger partial charge in [0, 0.05) is 25.5 Å². The molecule has 0 atom stereocenters. The van der Waals surface area contributed by atoms with Crippen LogP contribution in [-0.2, 0) is 4.74 Å². The number of nitrogens with zero attached hydrogens (tertiary/aromatic N) is 2. The van der Waals surface area contributed by atoms with Crippen LogP contribution in [0, 0.1) is 0 Å². The van der Waals surface area contributed by atoms with Gasteiger partial charge in [-0.15, -0.1) is 0 Å². The maximum atomic E-state index is 11.7. The average molecular weight is 207 g/mol. The molecular weight excluding hydrogens is 194 g/mol. The van der Waals surface area contributed by atoms with E-state index in [0.29, 0.717) is 18.8 Å². The van der Waals surface area contributed by atoms with E-state index in [9.17, 15) is 4.79 Å². The molecule has 1 fully saturated rings. The van der Waals surface area contributed by atoms with Crippen LogP contribution in [0.2, 0.25) is 0 Å². The molecule has 2 rings (SSSR count). The van der Waals surface area contributed by atoms with Gasteiger partial charge in [-0.25, -0.2) is 5.01 Å². The van der Waals surface area contributed by atoms with Gasteiger partial charge in [0.15, 0.2) is 0 Å². The number of carbonyl (C=O) groups excluding carboxylic acids is 1. The third kappa shape index (κ3) is 2.74. The molecule has 80 valence electrons. The summed E-state index contributed by atoms with van der Waals surface area (Å²) in [5, 5.41) is 1.86. The van der Waals surface area contributed by atoms with Gasteiger partial charge in [0.05, 0.1) is 18.8 Å². The molecule has 2 heterocycles. The molecule has 0 radical (unpaired) electrons. The van der Waals surface area contributed by atoms with Crippen molar-refractivity contribution in [3.63, 3.8) is 0 Å². The van der Waals surface area contributed by atoms with Crippen molar-refractivity contribution in [3.8, 4) is 0 Å². The summed E-state index contributed by atoms with van der Waals surface area (Å²) in [7, 11) is 0. The van der Waals surface area contributed by atoms with Gasteiger partial charge in [0.1, 0.15) is 0 Å². The van der Waals surface area contributed by atoms with E-state index in [1.165, 1.54) is 0 Å². The van der Waals surface area contributed by atoms with E-state index in [4.69, 9.17) is 4.74 Å². The molecule has 1 aromatic rings. The zero-order valence-corrected chi connectivity index (χ0v) is 8.35. The van der Waals surface area contributed by atoms with Gasteiger partial charge in [-0.1, -0.05) is 0 Å². The van der Waals surface area contributed by atoms with Crippen molar-refractivity contribution >= 4 is 5.91 Å². The number of ether oxygens (including phenoxy) is 1. The Morgan fingerprint density at radius 1 is 1.47 bits per heavy atom. The number of morpholine rings is 1. The highest BCUT2D eigenvalue weighted by atomic mass is 16.5. The first kappa shape index (κ1) is 10.1. The van der Waals surface area contributed by atoms with Gasteiger partial charge < -0.3 is 4.74 Å². The minimum Gasteiger partial charge on any atom is -0.379 e. The Hall–Kier alpha value is -1.46. The minimum atomic E-state index is -0.120. The van der Waals surface area contributed by atoms with Crippen LogP contribution in [0.25, 0.3) is 0 Å². The van der Waals surface area contributed by atoms with Crippen molar-refractivity contribution in [3.05, 3.63) is 30.1 Å². The average Bonchev–Trinajstić information content (AvgIpc) is 2.31. The molecule has 1 saturated heterocycles.